The molecule has 0 amide bonds. The van der Waals surface area contributed by atoms with Gasteiger partial charge in [-0.3, -0.25) is 0 Å². The van der Waals surface area contributed by atoms with Gasteiger partial charge in [0.1, 0.15) is 0 Å². The molecule has 2 atom stereocenters. The summed E-state index contributed by atoms with van der Waals surface area (Å²) in [5.41, 5.74) is -0.445. The Hall–Kier alpha value is -0.0800. The predicted molar refractivity (Wildman–Crippen MR) is 42.3 cm³/mol. The predicted octanol–water partition coefficient (Wildman–Crippen LogP) is 1.33. The second-order valence-corrected chi connectivity index (χ2v) is 4.14. The van der Waals surface area contributed by atoms with Crippen LogP contribution in [0, 0.1) is 5.92 Å². The summed E-state index contributed by atoms with van der Waals surface area (Å²) in [7, 11) is 0. The summed E-state index contributed by atoms with van der Waals surface area (Å²) in [6, 6.07) is 0. The van der Waals surface area contributed by atoms with E-state index in [0.29, 0.717) is 12.0 Å². The fraction of sp³-hybridized carbons (Fsp3) is 1.00. The smallest absolute Gasteiger partial charge is 0.0837 e. The maximum absolute atomic E-state index is 9.96. The first-order valence-corrected chi connectivity index (χ1v) is 4.52. The van der Waals surface area contributed by atoms with Gasteiger partial charge < -0.3 is 9.84 Å². The number of aliphatic hydroxyl groups is 1. The van der Waals surface area contributed by atoms with E-state index in [9.17, 15) is 5.11 Å². The number of epoxide rings is 1. The van der Waals surface area contributed by atoms with Crippen LogP contribution in [0.4, 0.5) is 0 Å². The molecule has 1 heterocycles. The van der Waals surface area contributed by atoms with Crippen LogP contribution in [0.15, 0.2) is 0 Å². The third-order valence-corrected chi connectivity index (χ3v) is 3.03. The Balaban J connectivity index is 1.84. The van der Waals surface area contributed by atoms with E-state index in [4.69, 9.17) is 4.74 Å². The van der Waals surface area contributed by atoms with Crippen LogP contribution in [0.2, 0.25) is 0 Å². The molecule has 11 heavy (non-hydrogen) atoms. The van der Waals surface area contributed by atoms with Gasteiger partial charge in [0.05, 0.1) is 18.3 Å². The molecule has 0 unspecified atom stereocenters. The fourth-order valence-electron chi connectivity index (χ4n) is 1.84. The Kier molecular flexibility index (Phi) is 1.69. The van der Waals surface area contributed by atoms with E-state index < -0.39 is 5.60 Å². The van der Waals surface area contributed by atoms with Crippen molar-refractivity contribution >= 4 is 0 Å². The fourth-order valence-corrected chi connectivity index (χ4v) is 1.84. The summed E-state index contributed by atoms with van der Waals surface area (Å²) < 4.78 is 5.10. The van der Waals surface area contributed by atoms with Crippen molar-refractivity contribution in [2.45, 2.75) is 44.3 Å². The number of hydrogen-bond acceptors (Lipinski definition) is 2. The van der Waals surface area contributed by atoms with Crippen molar-refractivity contribution in [2.24, 2.45) is 5.92 Å². The van der Waals surface area contributed by atoms with Crippen LogP contribution in [-0.2, 0) is 4.74 Å². The average molecular weight is 156 g/mol. The molecule has 0 radical (unpaired) electrons. The largest absolute Gasteiger partial charge is 0.390 e. The zero-order chi connectivity index (χ0) is 7.90. The van der Waals surface area contributed by atoms with Gasteiger partial charge >= 0.3 is 0 Å². The number of ether oxygens (including phenoxy) is 1. The van der Waals surface area contributed by atoms with Crippen LogP contribution in [0.5, 0.6) is 0 Å². The third-order valence-electron chi connectivity index (χ3n) is 3.03. The van der Waals surface area contributed by atoms with Crippen molar-refractivity contribution in [1.29, 1.82) is 0 Å². The number of rotatable bonds is 3. The molecule has 1 saturated carbocycles. The number of hydrogen-bond donors (Lipinski definition) is 1. The van der Waals surface area contributed by atoms with Crippen molar-refractivity contribution < 1.29 is 9.84 Å². The van der Waals surface area contributed by atoms with Gasteiger partial charge in [0.2, 0.25) is 0 Å². The normalized spacial score (nSPS) is 36.0. The summed E-state index contributed by atoms with van der Waals surface area (Å²) in [5.74, 6) is 0.548. The molecule has 64 valence electrons. The Bertz CT molecular complexity index is 146. The highest BCUT2D eigenvalue weighted by Crippen LogP contribution is 2.40. The van der Waals surface area contributed by atoms with Gasteiger partial charge in [0, 0.05) is 6.42 Å². The summed E-state index contributed by atoms with van der Waals surface area (Å²) in [5, 5.41) is 9.96. The Labute approximate surface area is 67.6 Å². The van der Waals surface area contributed by atoms with Crippen LogP contribution in [-0.4, -0.2) is 23.4 Å². The molecule has 1 aliphatic heterocycles. The third kappa shape index (κ3) is 1.57. The quantitative estimate of drug-likeness (QED) is 0.625. The van der Waals surface area contributed by atoms with Gasteiger partial charge in [-0.15, -0.1) is 0 Å². The van der Waals surface area contributed by atoms with Crippen LogP contribution in [0.1, 0.15) is 32.6 Å². The van der Waals surface area contributed by atoms with Crippen molar-refractivity contribution in [3.05, 3.63) is 0 Å². The lowest BCUT2D eigenvalue weighted by molar-refractivity contribution is -0.0455. The Morgan fingerprint density at radius 2 is 2.18 bits per heavy atom. The van der Waals surface area contributed by atoms with Crippen molar-refractivity contribution in [1.82, 2.24) is 0 Å². The first-order chi connectivity index (χ1) is 5.18. The van der Waals surface area contributed by atoms with Crippen LogP contribution in [0.3, 0.4) is 0 Å². The molecule has 0 bridgehead atoms. The topological polar surface area (TPSA) is 32.8 Å². The van der Waals surface area contributed by atoms with E-state index in [1.54, 1.807) is 0 Å². The van der Waals surface area contributed by atoms with E-state index in [0.717, 1.165) is 13.0 Å². The zero-order valence-corrected chi connectivity index (χ0v) is 7.05. The highest BCUT2D eigenvalue weighted by Gasteiger charge is 2.40. The maximum atomic E-state index is 9.96. The van der Waals surface area contributed by atoms with Crippen molar-refractivity contribution in [2.75, 3.05) is 6.61 Å². The van der Waals surface area contributed by atoms with Gasteiger partial charge in [-0.2, -0.15) is 0 Å². The lowest BCUT2D eigenvalue weighted by Gasteiger charge is -2.38. The minimum absolute atomic E-state index is 0.366. The lowest BCUT2D eigenvalue weighted by atomic mass is 9.72. The molecule has 2 heteroatoms. The molecule has 0 spiro atoms. The van der Waals surface area contributed by atoms with Crippen LogP contribution < -0.4 is 0 Å². The first kappa shape index (κ1) is 7.56. The average Bonchev–Trinajstić information content (AvgIpc) is 2.40. The van der Waals surface area contributed by atoms with Crippen LogP contribution in [0.25, 0.3) is 0 Å². The van der Waals surface area contributed by atoms with Crippen molar-refractivity contribution in [3.8, 4) is 0 Å². The van der Waals surface area contributed by atoms with Gasteiger partial charge in [-0.05, 0) is 25.7 Å². The maximum Gasteiger partial charge on any atom is 0.0837 e. The zero-order valence-electron chi connectivity index (χ0n) is 7.05. The highest BCUT2D eigenvalue weighted by molar-refractivity contribution is 4.91. The van der Waals surface area contributed by atoms with E-state index in [2.05, 4.69) is 0 Å². The van der Waals surface area contributed by atoms with Gasteiger partial charge in [0.25, 0.3) is 0 Å². The minimum Gasteiger partial charge on any atom is -0.390 e. The second-order valence-electron chi connectivity index (χ2n) is 4.14. The summed E-state index contributed by atoms with van der Waals surface area (Å²) in [4.78, 5) is 0. The Morgan fingerprint density at radius 3 is 2.55 bits per heavy atom. The van der Waals surface area contributed by atoms with E-state index in [1.807, 2.05) is 6.92 Å². The van der Waals surface area contributed by atoms with Gasteiger partial charge in [-0.25, -0.2) is 0 Å². The molecule has 2 nitrogen and oxygen atoms in total. The highest BCUT2D eigenvalue weighted by atomic mass is 16.6. The molecule has 0 aromatic carbocycles. The molecule has 0 aromatic rings. The lowest BCUT2D eigenvalue weighted by Crippen LogP contribution is -2.39. The van der Waals surface area contributed by atoms with Gasteiger partial charge in [0.15, 0.2) is 0 Å². The molecular formula is C9H16O2. The Morgan fingerprint density at radius 1 is 1.55 bits per heavy atom. The van der Waals surface area contributed by atoms with Crippen molar-refractivity contribution in [3.63, 3.8) is 0 Å². The van der Waals surface area contributed by atoms with Crippen LogP contribution >= 0.6 is 0 Å². The summed E-state index contributed by atoms with van der Waals surface area (Å²) in [6.07, 6.45) is 4.93. The van der Waals surface area contributed by atoms with Gasteiger partial charge in [-0.1, -0.05) is 6.42 Å². The molecule has 2 rings (SSSR count). The van der Waals surface area contributed by atoms with E-state index in [1.165, 1.54) is 19.3 Å². The molecule has 1 N–H and O–H groups in total. The summed E-state index contributed by atoms with van der Waals surface area (Å²) >= 11 is 0. The first-order valence-electron chi connectivity index (χ1n) is 4.52. The molecule has 1 aliphatic carbocycles. The second kappa shape index (κ2) is 2.46. The van der Waals surface area contributed by atoms with E-state index in [-0.39, 0.29) is 0 Å². The SMILES string of the molecule is C[C@@](O)(C[C@@H]1CO1)C1CCC1. The summed E-state index contributed by atoms with van der Waals surface area (Å²) in [6.45, 7) is 2.82. The monoisotopic (exact) mass is 156 g/mol. The molecule has 1 saturated heterocycles. The molecular weight excluding hydrogens is 140 g/mol. The molecule has 2 aliphatic rings. The molecule has 2 fully saturated rings. The standard InChI is InChI=1S/C9H16O2/c1-9(10,5-8-6-11-8)7-3-2-4-7/h7-8,10H,2-6H2,1H3/t8-,9-/m1/s1. The minimum atomic E-state index is -0.445. The molecule has 0 aromatic heterocycles. The van der Waals surface area contributed by atoms with E-state index >= 15 is 0 Å².